The van der Waals surface area contributed by atoms with Gasteiger partial charge in [-0.1, -0.05) is 0 Å². The molecule has 10 heteroatoms. The third kappa shape index (κ3) is 4.60. The van der Waals surface area contributed by atoms with Crippen LogP contribution in [0.3, 0.4) is 0 Å². The number of nitrogens with one attached hydrogen (secondary N) is 2. The number of ether oxygens (including phenoxy) is 1. The predicted molar refractivity (Wildman–Crippen MR) is 133 cm³/mol. The first-order chi connectivity index (χ1) is 16.9. The van der Waals surface area contributed by atoms with Gasteiger partial charge >= 0.3 is 0 Å². The van der Waals surface area contributed by atoms with E-state index >= 15 is 4.39 Å². The number of nitrogens with zero attached hydrogens (tertiary/aromatic N) is 4. The molecule has 1 fully saturated rings. The molecule has 0 atom stereocenters. The van der Waals surface area contributed by atoms with Gasteiger partial charge in [-0.15, -0.1) is 0 Å². The predicted octanol–water partition coefficient (Wildman–Crippen LogP) is 3.79. The molecule has 0 bridgehead atoms. The van der Waals surface area contributed by atoms with Crippen LogP contribution in [-0.4, -0.2) is 59.0 Å². The second kappa shape index (κ2) is 9.22. The number of primary amides is 1. The minimum absolute atomic E-state index is 0.0691. The highest BCUT2D eigenvalue weighted by molar-refractivity contribution is 6.00. The molecule has 35 heavy (non-hydrogen) atoms. The second-order valence-corrected chi connectivity index (χ2v) is 8.62. The molecular weight excluding hydrogens is 449 g/mol. The zero-order valence-electron chi connectivity index (χ0n) is 19.5. The van der Waals surface area contributed by atoms with E-state index in [1.54, 1.807) is 12.1 Å². The summed E-state index contributed by atoms with van der Waals surface area (Å²) in [6.45, 7) is 5.80. The number of aromatic nitrogens is 3. The fraction of sp³-hybridized carbons (Fsp3) is 0.240. The van der Waals surface area contributed by atoms with Crippen LogP contribution in [-0.2, 0) is 0 Å². The number of hydrogen-bond acceptors (Lipinski definition) is 7. The van der Waals surface area contributed by atoms with Gasteiger partial charge < -0.3 is 30.6 Å². The highest BCUT2D eigenvalue weighted by Crippen LogP contribution is 2.33. The molecule has 0 spiro atoms. The Balaban J connectivity index is 1.40. The Labute approximate surface area is 201 Å². The van der Waals surface area contributed by atoms with Crippen molar-refractivity contribution in [2.24, 2.45) is 5.73 Å². The Bertz CT molecular complexity index is 1380. The van der Waals surface area contributed by atoms with E-state index in [2.05, 4.69) is 37.1 Å². The largest absolute Gasteiger partial charge is 0.435 e. The molecule has 4 aromatic rings. The number of carbonyl (C=O) groups is 1. The zero-order chi connectivity index (χ0) is 24.5. The standard InChI is InChI=1S/C25H26FN7O2/c1-15-13-18-19(30-15)7-8-20(22(18)26)35-25-21(23(27)34)24(28-14-29-25)31-16-3-5-17(6-4-16)33-11-9-32(2)10-12-33/h3-8,13-14,30H,9-12H2,1-2H3,(H2,27,34)(H,28,29,31). The number of benzene rings is 2. The van der Waals surface area contributed by atoms with Crippen molar-refractivity contribution in [3.63, 3.8) is 0 Å². The average Bonchev–Trinajstić information content (AvgIpc) is 3.23. The van der Waals surface area contributed by atoms with Crippen LogP contribution in [0.5, 0.6) is 11.6 Å². The highest BCUT2D eigenvalue weighted by atomic mass is 19.1. The fourth-order valence-corrected chi connectivity index (χ4v) is 4.19. The summed E-state index contributed by atoms with van der Waals surface area (Å²) in [5, 5.41) is 3.49. The first-order valence-corrected chi connectivity index (χ1v) is 11.3. The van der Waals surface area contributed by atoms with Crippen LogP contribution in [0.4, 0.5) is 21.6 Å². The van der Waals surface area contributed by atoms with Crippen molar-refractivity contribution in [1.29, 1.82) is 0 Å². The van der Waals surface area contributed by atoms with Crippen molar-refractivity contribution in [2.75, 3.05) is 43.4 Å². The number of H-pyrrole nitrogens is 1. The maximum atomic E-state index is 15.0. The van der Waals surface area contributed by atoms with E-state index in [0.29, 0.717) is 16.6 Å². The fourth-order valence-electron chi connectivity index (χ4n) is 4.19. The normalized spacial score (nSPS) is 14.3. The Kier molecular flexibility index (Phi) is 5.96. The molecule has 3 heterocycles. The number of carbonyl (C=O) groups excluding carboxylic acids is 1. The number of halogens is 1. The first-order valence-electron chi connectivity index (χ1n) is 11.3. The molecule has 5 rings (SSSR count). The molecule has 180 valence electrons. The maximum Gasteiger partial charge on any atom is 0.258 e. The Morgan fingerprint density at radius 3 is 2.57 bits per heavy atom. The first kappa shape index (κ1) is 22.6. The van der Waals surface area contributed by atoms with Crippen LogP contribution in [0.15, 0.2) is 48.8 Å². The van der Waals surface area contributed by atoms with Gasteiger partial charge in [0, 0.05) is 54.2 Å². The molecule has 1 aliphatic rings. The number of hydrogen-bond donors (Lipinski definition) is 3. The molecule has 1 saturated heterocycles. The van der Waals surface area contributed by atoms with E-state index in [1.807, 2.05) is 31.2 Å². The lowest BCUT2D eigenvalue weighted by Crippen LogP contribution is -2.44. The van der Waals surface area contributed by atoms with Gasteiger partial charge in [0.25, 0.3) is 5.91 Å². The second-order valence-electron chi connectivity index (χ2n) is 8.62. The monoisotopic (exact) mass is 475 g/mol. The van der Waals surface area contributed by atoms with Crippen LogP contribution >= 0.6 is 0 Å². The third-order valence-corrected chi connectivity index (χ3v) is 6.10. The van der Waals surface area contributed by atoms with Crippen molar-refractivity contribution in [3.05, 3.63) is 65.9 Å². The van der Waals surface area contributed by atoms with Crippen molar-refractivity contribution < 1.29 is 13.9 Å². The number of likely N-dealkylation sites (N-methyl/N-ethyl adjacent to an activating group) is 1. The van der Waals surface area contributed by atoms with Crippen molar-refractivity contribution >= 4 is 34.0 Å². The zero-order valence-corrected chi connectivity index (χ0v) is 19.5. The van der Waals surface area contributed by atoms with Crippen molar-refractivity contribution in [1.82, 2.24) is 19.9 Å². The molecule has 1 amide bonds. The highest BCUT2D eigenvalue weighted by Gasteiger charge is 2.21. The molecule has 4 N–H and O–H groups in total. The van der Waals surface area contributed by atoms with Crippen molar-refractivity contribution in [2.45, 2.75) is 6.92 Å². The molecule has 2 aromatic carbocycles. The Hall–Kier alpha value is -4.18. The summed E-state index contributed by atoms with van der Waals surface area (Å²) < 4.78 is 20.7. The van der Waals surface area contributed by atoms with Gasteiger partial charge in [0.1, 0.15) is 11.9 Å². The SMILES string of the molecule is Cc1cc2c(F)c(Oc3ncnc(Nc4ccc(N5CCN(C)CC5)cc4)c3C(N)=O)ccc2[nH]1. The van der Waals surface area contributed by atoms with E-state index in [0.717, 1.165) is 37.6 Å². The molecule has 2 aromatic heterocycles. The van der Waals surface area contributed by atoms with Gasteiger partial charge in [0.05, 0.1) is 0 Å². The number of fused-ring (bicyclic) bond motifs is 1. The minimum atomic E-state index is -0.795. The van der Waals surface area contributed by atoms with Gasteiger partial charge in [-0.25, -0.2) is 14.4 Å². The molecule has 0 unspecified atom stereocenters. The van der Waals surface area contributed by atoms with Crippen LogP contribution < -0.4 is 20.7 Å². The topological polar surface area (TPSA) is 112 Å². The summed E-state index contributed by atoms with van der Waals surface area (Å²) in [7, 11) is 2.12. The molecule has 1 aliphatic heterocycles. The van der Waals surface area contributed by atoms with Gasteiger partial charge in [-0.05, 0) is 56.4 Å². The lowest BCUT2D eigenvalue weighted by atomic mass is 10.2. The number of piperazine rings is 1. The molecular formula is C25H26FN7O2. The summed E-state index contributed by atoms with van der Waals surface area (Å²) in [6.07, 6.45) is 1.24. The van der Waals surface area contributed by atoms with E-state index < -0.39 is 11.7 Å². The molecule has 0 radical (unpaired) electrons. The van der Waals surface area contributed by atoms with E-state index in [4.69, 9.17) is 10.5 Å². The summed E-state index contributed by atoms with van der Waals surface area (Å²) >= 11 is 0. The van der Waals surface area contributed by atoms with Crippen LogP contribution in [0, 0.1) is 12.7 Å². The molecule has 0 aliphatic carbocycles. The van der Waals surface area contributed by atoms with Crippen LogP contribution in [0.2, 0.25) is 0 Å². The quantitative estimate of drug-likeness (QED) is 0.389. The molecule has 0 saturated carbocycles. The minimum Gasteiger partial charge on any atom is -0.435 e. The smallest absolute Gasteiger partial charge is 0.258 e. The van der Waals surface area contributed by atoms with Crippen molar-refractivity contribution in [3.8, 4) is 11.6 Å². The van der Waals surface area contributed by atoms with E-state index in [9.17, 15) is 4.79 Å². The third-order valence-electron chi connectivity index (χ3n) is 6.10. The summed E-state index contributed by atoms with van der Waals surface area (Å²) in [5.74, 6) is -1.38. The lowest BCUT2D eigenvalue weighted by Gasteiger charge is -2.34. The van der Waals surface area contributed by atoms with Gasteiger partial charge in [0.15, 0.2) is 17.4 Å². The van der Waals surface area contributed by atoms with Crippen LogP contribution in [0.25, 0.3) is 10.9 Å². The van der Waals surface area contributed by atoms with E-state index in [-0.39, 0.29) is 23.0 Å². The van der Waals surface area contributed by atoms with Gasteiger partial charge in [-0.3, -0.25) is 4.79 Å². The Morgan fingerprint density at radius 2 is 1.86 bits per heavy atom. The molecule has 9 nitrogen and oxygen atoms in total. The number of aromatic amines is 1. The summed E-state index contributed by atoms with van der Waals surface area (Å²) in [6, 6.07) is 12.7. The number of nitrogens with two attached hydrogens (primary N) is 1. The maximum absolute atomic E-state index is 15.0. The van der Waals surface area contributed by atoms with E-state index in [1.165, 1.54) is 12.4 Å². The number of rotatable bonds is 6. The number of amides is 1. The Morgan fingerprint density at radius 1 is 1.11 bits per heavy atom. The lowest BCUT2D eigenvalue weighted by molar-refractivity contribution is 0.0998. The average molecular weight is 476 g/mol. The number of aryl methyl sites for hydroxylation is 1. The summed E-state index contributed by atoms with van der Waals surface area (Å²) in [4.78, 5) is 28.2. The number of anilines is 3. The van der Waals surface area contributed by atoms with Gasteiger partial charge in [0.2, 0.25) is 5.88 Å². The van der Waals surface area contributed by atoms with Crippen LogP contribution in [0.1, 0.15) is 16.1 Å². The van der Waals surface area contributed by atoms with Gasteiger partial charge in [-0.2, -0.15) is 0 Å². The summed E-state index contributed by atoms with van der Waals surface area (Å²) in [5.41, 5.74) is 8.87.